The zero-order valence-corrected chi connectivity index (χ0v) is 13.8. The van der Waals surface area contributed by atoms with Crippen molar-refractivity contribution < 1.29 is 24.2 Å². The molecule has 0 aromatic heterocycles. The number of rotatable bonds is 9. The van der Waals surface area contributed by atoms with Gasteiger partial charge in [-0.15, -0.1) is 0 Å². The van der Waals surface area contributed by atoms with E-state index in [2.05, 4.69) is 5.32 Å². The summed E-state index contributed by atoms with van der Waals surface area (Å²) in [6, 6.07) is 7.44. The van der Waals surface area contributed by atoms with E-state index in [1.165, 1.54) is 0 Å². The Kier molecular flexibility index (Phi) is 7.55. The third-order valence-corrected chi connectivity index (χ3v) is 3.90. The Balaban J connectivity index is 1.65. The van der Waals surface area contributed by atoms with Gasteiger partial charge in [0.15, 0.2) is 0 Å². The van der Waals surface area contributed by atoms with Crippen LogP contribution >= 0.6 is 0 Å². The first-order chi connectivity index (χ1) is 11.6. The number of ether oxygens (including phenoxy) is 2. The fraction of sp³-hybridized carbons (Fsp3) is 0.556. The van der Waals surface area contributed by atoms with Crippen LogP contribution < -0.4 is 10.1 Å². The molecule has 1 saturated heterocycles. The summed E-state index contributed by atoms with van der Waals surface area (Å²) in [5.41, 5.74) is 0.991. The van der Waals surface area contributed by atoms with E-state index in [0.29, 0.717) is 31.7 Å². The van der Waals surface area contributed by atoms with Gasteiger partial charge in [0.05, 0.1) is 19.1 Å². The predicted octanol–water partition coefficient (Wildman–Crippen LogP) is 2.51. The van der Waals surface area contributed by atoms with E-state index in [1.54, 1.807) is 0 Å². The second-order valence-electron chi connectivity index (χ2n) is 5.96. The average Bonchev–Trinajstić information content (AvgIpc) is 2.59. The number of nitrogens with one attached hydrogen (secondary N) is 1. The highest BCUT2D eigenvalue weighted by Crippen LogP contribution is 2.16. The predicted molar refractivity (Wildman–Crippen MR) is 88.9 cm³/mol. The summed E-state index contributed by atoms with van der Waals surface area (Å²) in [4.78, 5) is 22.3. The zero-order valence-electron chi connectivity index (χ0n) is 13.8. The molecule has 6 nitrogen and oxygen atoms in total. The molecule has 24 heavy (non-hydrogen) atoms. The van der Waals surface area contributed by atoms with Crippen molar-refractivity contribution in [1.82, 2.24) is 5.32 Å². The maximum absolute atomic E-state index is 11.9. The number of carboxylic acid groups (broad SMARTS) is 1. The molecule has 1 aliphatic rings. The number of hydrogen-bond donors (Lipinski definition) is 2. The van der Waals surface area contributed by atoms with Gasteiger partial charge in [0.1, 0.15) is 5.75 Å². The number of carbonyl (C=O) groups excluding carboxylic acids is 1. The van der Waals surface area contributed by atoms with Gasteiger partial charge in [-0.3, -0.25) is 9.59 Å². The van der Waals surface area contributed by atoms with E-state index >= 15 is 0 Å². The molecule has 1 unspecified atom stereocenters. The summed E-state index contributed by atoms with van der Waals surface area (Å²) >= 11 is 0. The van der Waals surface area contributed by atoms with Crippen LogP contribution in [0.25, 0.3) is 0 Å². The topological polar surface area (TPSA) is 84.9 Å². The van der Waals surface area contributed by atoms with Crippen LogP contribution in [0.3, 0.4) is 0 Å². The molecule has 0 radical (unpaired) electrons. The van der Waals surface area contributed by atoms with Crippen LogP contribution in [0.1, 0.15) is 44.1 Å². The van der Waals surface area contributed by atoms with E-state index < -0.39 is 5.97 Å². The first-order valence-electron chi connectivity index (χ1n) is 8.45. The fourth-order valence-electron chi connectivity index (χ4n) is 2.56. The third-order valence-electron chi connectivity index (χ3n) is 3.90. The Morgan fingerprint density at radius 3 is 2.71 bits per heavy atom. The van der Waals surface area contributed by atoms with Crippen LogP contribution in [0.5, 0.6) is 5.75 Å². The monoisotopic (exact) mass is 335 g/mol. The van der Waals surface area contributed by atoms with Crippen molar-refractivity contribution in [2.24, 2.45) is 0 Å². The molecule has 1 aromatic rings. The lowest BCUT2D eigenvalue weighted by atomic mass is 10.1. The summed E-state index contributed by atoms with van der Waals surface area (Å²) in [6.45, 7) is 1.61. The molecular weight excluding hydrogens is 310 g/mol. The lowest BCUT2D eigenvalue weighted by Crippen LogP contribution is -2.30. The maximum Gasteiger partial charge on any atom is 0.303 e. The van der Waals surface area contributed by atoms with Crippen molar-refractivity contribution >= 4 is 11.9 Å². The van der Waals surface area contributed by atoms with E-state index in [1.807, 2.05) is 24.3 Å². The van der Waals surface area contributed by atoms with Gasteiger partial charge in [0.2, 0.25) is 5.91 Å². The van der Waals surface area contributed by atoms with Crippen molar-refractivity contribution in [2.75, 3.05) is 13.2 Å². The number of hydrogen-bond acceptors (Lipinski definition) is 4. The van der Waals surface area contributed by atoms with E-state index in [-0.39, 0.29) is 18.4 Å². The lowest BCUT2D eigenvalue weighted by molar-refractivity contribution is -0.137. The molecule has 2 rings (SSSR count). The van der Waals surface area contributed by atoms with Gasteiger partial charge < -0.3 is 19.9 Å². The minimum atomic E-state index is -0.816. The van der Waals surface area contributed by atoms with Gasteiger partial charge in [-0.2, -0.15) is 0 Å². The highest BCUT2D eigenvalue weighted by atomic mass is 16.5. The molecule has 132 valence electrons. The molecule has 2 N–H and O–H groups in total. The molecule has 0 aliphatic carbocycles. The van der Waals surface area contributed by atoms with Gasteiger partial charge in [-0.05, 0) is 43.4 Å². The molecule has 1 aliphatic heterocycles. The molecule has 1 aromatic carbocycles. The third kappa shape index (κ3) is 7.00. The van der Waals surface area contributed by atoms with Crippen molar-refractivity contribution in [3.05, 3.63) is 29.8 Å². The second kappa shape index (κ2) is 9.93. The molecule has 0 bridgehead atoms. The summed E-state index contributed by atoms with van der Waals surface area (Å²) < 4.78 is 11.0. The van der Waals surface area contributed by atoms with Crippen LogP contribution in [0.4, 0.5) is 0 Å². The summed E-state index contributed by atoms with van der Waals surface area (Å²) in [5, 5.41) is 11.5. The molecule has 1 atom stereocenters. The van der Waals surface area contributed by atoms with Crippen molar-refractivity contribution in [2.45, 2.75) is 51.2 Å². The zero-order chi connectivity index (χ0) is 17.2. The molecule has 1 heterocycles. The van der Waals surface area contributed by atoms with Gasteiger partial charge in [0, 0.05) is 19.6 Å². The van der Waals surface area contributed by atoms with E-state index in [4.69, 9.17) is 14.6 Å². The van der Waals surface area contributed by atoms with Crippen molar-refractivity contribution in [1.29, 1.82) is 0 Å². The quantitative estimate of drug-likeness (QED) is 0.677. The number of carbonyl (C=O) groups is 2. The summed E-state index contributed by atoms with van der Waals surface area (Å²) in [5.74, 6) is -0.106. The summed E-state index contributed by atoms with van der Waals surface area (Å²) in [6.07, 6.45) is 4.24. The minimum absolute atomic E-state index is 0.0101. The Morgan fingerprint density at radius 1 is 1.25 bits per heavy atom. The molecule has 6 heteroatoms. The normalized spacial score (nSPS) is 17.2. The van der Waals surface area contributed by atoms with Gasteiger partial charge in [-0.25, -0.2) is 0 Å². The Hall–Kier alpha value is -2.08. The highest BCUT2D eigenvalue weighted by Gasteiger charge is 2.17. The van der Waals surface area contributed by atoms with Gasteiger partial charge in [-0.1, -0.05) is 12.1 Å². The Labute approximate surface area is 142 Å². The summed E-state index contributed by atoms with van der Waals surface area (Å²) in [7, 11) is 0. The first-order valence-corrected chi connectivity index (χ1v) is 8.45. The van der Waals surface area contributed by atoms with Gasteiger partial charge in [0.25, 0.3) is 0 Å². The molecular formula is C18H25NO5. The highest BCUT2D eigenvalue weighted by molar-refractivity contribution is 5.76. The second-order valence-corrected chi connectivity index (χ2v) is 5.96. The Bertz CT molecular complexity index is 523. The first kappa shape index (κ1) is 18.3. The number of aliphatic carboxylic acids is 1. The largest absolute Gasteiger partial charge is 0.494 e. The van der Waals surface area contributed by atoms with E-state index in [0.717, 1.165) is 31.4 Å². The molecule has 1 fully saturated rings. The van der Waals surface area contributed by atoms with E-state index in [9.17, 15) is 9.59 Å². The molecule has 0 saturated carbocycles. The molecule has 1 amide bonds. The van der Waals surface area contributed by atoms with Crippen LogP contribution in [-0.4, -0.2) is 36.3 Å². The van der Waals surface area contributed by atoms with Crippen LogP contribution in [0.2, 0.25) is 0 Å². The molecule has 0 spiro atoms. The maximum atomic E-state index is 11.9. The Morgan fingerprint density at radius 2 is 2.04 bits per heavy atom. The van der Waals surface area contributed by atoms with Crippen LogP contribution in [-0.2, 0) is 20.9 Å². The lowest BCUT2D eigenvalue weighted by Gasteiger charge is -2.21. The van der Waals surface area contributed by atoms with Crippen molar-refractivity contribution in [3.8, 4) is 5.75 Å². The standard InChI is InChI=1S/C18H25NO5/c20-17(12-16-4-1-2-10-24-16)19-13-14-6-8-15(9-7-14)23-11-3-5-18(21)22/h6-9,16H,1-5,10-13H2,(H,19,20)(H,21,22). The number of carboxylic acids is 1. The fourth-order valence-corrected chi connectivity index (χ4v) is 2.56. The smallest absolute Gasteiger partial charge is 0.303 e. The van der Waals surface area contributed by atoms with Crippen LogP contribution in [0, 0.1) is 0 Å². The van der Waals surface area contributed by atoms with Gasteiger partial charge >= 0.3 is 5.97 Å². The van der Waals surface area contributed by atoms with Crippen LogP contribution in [0.15, 0.2) is 24.3 Å². The average molecular weight is 335 g/mol. The minimum Gasteiger partial charge on any atom is -0.494 e. The number of amides is 1. The number of benzene rings is 1. The van der Waals surface area contributed by atoms with Crippen molar-refractivity contribution in [3.63, 3.8) is 0 Å². The SMILES string of the molecule is O=C(O)CCCOc1ccc(CNC(=O)CC2CCCCO2)cc1.